The number of nitrogens with zero attached hydrogens (tertiary/aromatic N) is 4. The fourth-order valence-corrected chi connectivity index (χ4v) is 2.76. The molecule has 6 heteroatoms. The highest BCUT2D eigenvalue weighted by Crippen LogP contribution is 2.19. The van der Waals surface area contributed by atoms with E-state index >= 15 is 0 Å². The van der Waals surface area contributed by atoms with Crippen molar-refractivity contribution in [3.8, 4) is 0 Å². The number of carbonyl (C=O) groups is 1. The molecule has 1 aromatic carbocycles. The average Bonchev–Trinajstić information content (AvgIpc) is 2.99. The van der Waals surface area contributed by atoms with E-state index in [1.54, 1.807) is 23.0 Å². The fourth-order valence-electron chi connectivity index (χ4n) is 2.64. The number of rotatable bonds is 3. The van der Waals surface area contributed by atoms with Gasteiger partial charge in [-0.05, 0) is 30.3 Å². The highest BCUT2D eigenvalue weighted by molar-refractivity contribution is 6.30. The molecule has 2 heterocycles. The quantitative estimate of drug-likeness (QED) is 0.812. The third-order valence-electron chi connectivity index (χ3n) is 3.93. The molecule has 1 aliphatic heterocycles. The molecule has 0 saturated carbocycles. The molecule has 1 fully saturated rings. The molecule has 0 spiro atoms. The summed E-state index contributed by atoms with van der Waals surface area (Å²) in [5, 5.41) is 4.82. The minimum absolute atomic E-state index is 0.0459. The number of benzene rings is 1. The van der Waals surface area contributed by atoms with Gasteiger partial charge in [-0.3, -0.25) is 9.48 Å². The van der Waals surface area contributed by atoms with Crippen molar-refractivity contribution in [3.05, 3.63) is 53.3 Å². The standard InChI is InChI=1S/C17H19ClN4O/c1-20-13-14(12-19-20)2-7-17(23)22-10-8-21(9-11-22)16-5-3-15(18)4-6-16/h2-7,12-13H,8-11H2,1H3/b7-2+. The molecule has 2 aromatic rings. The van der Waals surface area contributed by atoms with E-state index in [9.17, 15) is 4.79 Å². The second kappa shape index (κ2) is 6.87. The monoisotopic (exact) mass is 330 g/mol. The van der Waals surface area contributed by atoms with Crippen LogP contribution in [0, 0.1) is 0 Å². The molecule has 120 valence electrons. The Morgan fingerprint density at radius 3 is 2.48 bits per heavy atom. The first-order valence-corrected chi connectivity index (χ1v) is 7.96. The molecule has 1 aromatic heterocycles. The molecule has 23 heavy (non-hydrogen) atoms. The van der Waals surface area contributed by atoms with Crippen molar-refractivity contribution in [2.45, 2.75) is 0 Å². The van der Waals surface area contributed by atoms with Crippen LogP contribution in [0.15, 0.2) is 42.7 Å². The van der Waals surface area contributed by atoms with Crippen molar-refractivity contribution in [3.63, 3.8) is 0 Å². The summed E-state index contributed by atoms with van der Waals surface area (Å²) in [7, 11) is 1.86. The minimum Gasteiger partial charge on any atom is -0.368 e. The summed E-state index contributed by atoms with van der Waals surface area (Å²) in [5.74, 6) is 0.0459. The number of anilines is 1. The lowest BCUT2D eigenvalue weighted by Gasteiger charge is -2.35. The Bertz CT molecular complexity index is 700. The Kier molecular flexibility index (Phi) is 4.67. The summed E-state index contributed by atoms with van der Waals surface area (Å²) >= 11 is 5.92. The first-order chi connectivity index (χ1) is 11.1. The van der Waals surface area contributed by atoms with Gasteiger partial charge in [0, 0.05) is 61.8 Å². The van der Waals surface area contributed by atoms with Gasteiger partial charge in [-0.2, -0.15) is 5.10 Å². The Hall–Kier alpha value is -2.27. The van der Waals surface area contributed by atoms with Crippen LogP contribution in [-0.4, -0.2) is 46.8 Å². The number of amides is 1. The van der Waals surface area contributed by atoms with E-state index in [0.717, 1.165) is 42.5 Å². The fraction of sp³-hybridized carbons (Fsp3) is 0.294. The Balaban J connectivity index is 1.55. The molecule has 1 amide bonds. The van der Waals surface area contributed by atoms with Crippen LogP contribution < -0.4 is 4.90 Å². The molecule has 1 saturated heterocycles. The second-order valence-corrected chi connectivity index (χ2v) is 6.01. The van der Waals surface area contributed by atoms with Gasteiger partial charge in [0.05, 0.1) is 6.20 Å². The third kappa shape index (κ3) is 3.93. The number of carbonyl (C=O) groups excluding carboxylic acids is 1. The smallest absolute Gasteiger partial charge is 0.246 e. The normalized spacial score (nSPS) is 15.4. The van der Waals surface area contributed by atoms with Crippen LogP contribution in [0.2, 0.25) is 5.02 Å². The van der Waals surface area contributed by atoms with Crippen LogP contribution in [-0.2, 0) is 11.8 Å². The summed E-state index contributed by atoms with van der Waals surface area (Å²) in [5.41, 5.74) is 2.08. The summed E-state index contributed by atoms with van der Waals surface area (Å²) in [6.45, 7) is 3.10. The molecular formula is C17H19ClN4O. The zero-order chi connectivity index (χ0) is 16.2. The number of aromatic nitrogens is 2. The summed E-state index contributed by atoms with van der Waals surface area (Å²) in [6.07, 6.45) is 7.04. The highest BCUT2D eigenvalue weighted by Gasteiger charge is 2.19. The summed E-state index contributed by atoms with van der Waals surface area (Å²) in [4.78, 5) is 16.4. The van der Waals surface area contributed by atoms with Crippen LogP contribution in [0.3, 0.4) is 0 Å². The van der Waals surface area contributed by atoms with Crippen molar-refractivity contribution in [1.29, 1.82) is 0 Å². The molecule has 1 aliphatic rings. The van der Waals surface area contributed by atoms with Crippen LogP contribution in [0.25, 0.3) is 6.08 Å². The average molecular weight is 331 g/mol. The zero-order valence-corrected chi connectivity index (χ0v) is 13.8. The maximum atomic E-state index is 12.2. The Morgan fingerprint density at radius 1 is 1.17 bits per heavy atom. The van der Waals surface area contributed by atoms with Gasteiger partial charge in [0.25, 0.3) is 0 Å². The zero-order valence-electron chi connectivity index (χ0n) is 13.0. The first kappa shape index (κ1) is 15.6. The molecule has 0 atom stereocenters. The molecule has 0 aliphatic carbocycles. The molecule has 3 rings (SSSR count). The van der Waals surface area contributed by atoms with Gasteiger partial charge < -0.3 is 9.80 Å². The number of halogens is 1. The predicted molar refractivity (Wildman–Crippen MR) is 92.5 cm³/mol. The number of hydrogen-bond acceptors (Lipinski definition) is 3. The third-order valence-corrected chi connectivity index (χ3v) is 4.18. The van der Waals surface area contributed by atoms with E-state index in [2.05, 4.69) is 10.00 Å². The molecule has 5 nitrogen and oxygen atoms in total. The molecule has 0 N–H and O–H groups in total. The number of hydrogen-bond donors (Lipinski definition) is 0. The van der Waals surface area contributed by atoms with E-state index in [-0.39, 0.29) is 5.91 Å². The van der Waals surface area contributed by atoms with Crippen molar-refractivity contribution in [2.24, 2.45) is 7.05 Å². The Morgan fingerprint density at radius 2 is 1.87 bits per heavy atom. The SMILES string of the molecule is Cn1cc(/C=C/C(=O)N2CCN(c3ccc(Cl)cc3)CC2)cn1. The highest BCUT2D eigenvalue weighted by atomic mass is 35.5. The first-order valence-electron chi connectivity index (χ1n) is 7.58. The summed E-state index contributed by atoms with van der Waals surface area (Å²) < 4.78 is 1.72. The molecule has 0 bridgehead atoms. The second-order valence-electron chi connectivity index (χ2n) is 5.57. The summed E-state index contributed by atoms with van der Waals surface area (Å²) in [6, 6.07) is 7.82. The Labute approximate surface area is 140 Å². The van der Waals surface area contributed by atoms with Gasteiger partial charge in [-0.25, -0.2) is 0 Å². The van der Waals surface area contributed by atoms with Crippen molar-refractivity contribution >= 4 is 29.3 Å². The van der Waals surface area contributed by atoms with Gasteiger partial charge in [-0.1, -0.05) is 11.6 Å². The van der Waals surface area contributed by atoms with Gasteiger partial charge in [-0.15, -0.1) is 0 Å². The molecule has 0 radical (unpaired) electrons. The lowest BCUT2D eigenvalue weighted by Crippen LogP contribution is -2.48. The maximum absolute atomic E-state index is 12.2. The van der Waals surface area contributed by atoms with Gasteiger partial charge in [0.2, 0.25) is 5.91 Å². The van der Waals surface area contributed by atoms with Crippen LogP contribution in [0.5, 0.6) is 0 Å². The lowest BCUT2D eigenvalue weighted by molar-refractivity contribution is -0.126. The van der Waals surface area contributed by atoms with E-state index < -0.39 is 0 Å². The van der Waals surface area contributed by atoms with Crippen molar-refractivity contribution < 1.29 is 4.79 Å². The van der Waals surface area contributed by atoms with Crippen molar-refractivity contribution in [2.75, 3.05) is 31.1 Å². The largest absolute Gasteiger partial charge is 0.368 e. The molecule has 0 unspecified atom stereocenters. The van der Waals surface area contributed by atoms with E-state index in [1.165, 1.54) is 0 Å². The van der Waals surface area contributed by atoms with E-state index in [4.69, 9.17) is 11.6 Å². The molecular weight excluding hydrogens is 312 g/mol. The van der Waals surface area contributed by atoms with Gasteiger partial charge in [0.1, 0.15) is 0 Å². The maximum Gasteiger partial charge on any atom is 0.246 e. The van der Waals surface area contributed by atoms with Gasteiger partial charge in [0.15, 0.2) is 0 Å². The predicted octanol–water partition coefficient (Wildman–Crippen LogP) is 2.44. The van der Waals surface area contributed by atoms with Crippen LogP contribution in [0.4, 0.5) is 5.69 Å². The minimum atomic E-state index is 0.0459. The lowest BCUT2D eigenvalue weighted by atomic mass is 10.2. The van der Waals surface area contributed by atoms with Gasteiger partial charge >= 0.3 is 0 Å². The topological polar surface area (TPSA) is 41.4 Å². The number of piperazine rings is 1. The van der Waals surface area contributed by atoms with Crippen LogP contribution in [0.1, 0.15) is 5.56 Å². The van der Waals surface area contributed by atoms with E-state index in [0.29, 0.717) is 0 Å². The van der Waals surface area contributed by atoms with E-state index in [1.807, 2.05) is 42.4 Å². The van der Waals surface area contributed by atoms with Crippen molar-refractivity contribution in [1.82, 2.24) is 14.7 Å². The van der Waals surface area contributed by atoms with Crippen LogP contribution >= 0.6 is 11.6 Å². The number of aryl methyl sites for hydroxylation is 1.